The third-order valence-corrected chi connectivity index (χ3v) is 4.14. The molecule has 1 aromatic rings. The Morgan fingerprint density at radius 3 is 1.44 bits per heavy atom. The third kappa shape index (κ3) is 7.46. The minimum Gasteiger partial charge on any atom is -0.246 e. The summed E-state index contributed by atoms with van der Waals surface area (Å²) in [5.74, 6) is 0. The Bertz CT molecular complexity index is 472. The Balaban J connectivity index is 0. The average molecular weight is 357 g/mol. The van der Waals surface area contributed by atoms with E-state index in [9.17, 15) is 8.78 Å². The van der Waals surface area contributed by atoms with E-state index in [2.05, 4.69) is 34.6 Å². The molecule has 0 spiro atoms. The van der Waals surface area contributed by atoms with Crippen LogP contribution in [0.25, 0.3) is 0 Å². The zero-order valence-corrected chi connectivity index (χ0v) is 17.4. The summed E-state index contributed by atoms with van der Waals surface area (Å²) in [5, 5.41) is 0. The zero-order valence-electron chi connectivity index (χ0n) is 17.4. The first kappa shape index (κ1) is 26.3. The maximum Gasteiger partial charge on any atom is 0.133 e. The van der Waals surface area contributed by atoms with Crippen LogP contribution in [0.1, 0.15) is 100 Å². The van der Waals surface area contributed by atoms with E-state index in [0.29, 0.717) is 5.56 Å². The fraction of sp³-hybridized carbons (Fsp3) is 0.739. The number of halogens is 2. The number of hydrogen-bond acceptors (Lipinski definition) is 0. The van der Waals surface area contributed by atoms with E-state index in [1.807, 2.05) is 32.9 Å². The quantitative estimate of drug-likeness (QED) is 0.509. The molecule has 1 aromatic carbocycles. The summed E-state index contributed by atoms with van der Waals surface area (Å²) in [6.45, 7) is 19.4. The summed E-state index contributed by atoms with van der Waals surface area (Å²) < 4.78 is 29.5. The van der Waals surface area contributed by atoms with Crippen molar-refractivity contribution in [3.63, 3.8) is 0 Å². The van der Waals surface area contributed by atoms with Crippen LogP contribution in [-0.4, -0.2) is 6.17 Å². The first-order valence-electron chi connectivity index (χ1n) is 9.08. The van der Waals surface area contributed by atoms with Gasteiger partial charge < -0.3 is 0 Å². The van der Waals surface area contributed by atoms with Crippen molar-refractivity contribution in [3.8, 4) is 0 Å². The van der Waals surface area contributed by atoms with Crippen LogP contribution in [-0.2, 0) is 5.41 Å². The maximum absolute atomic E-state index is 14.9. The molecule has 1 rings (SSSR count). The fourth-order valence-corrected chi connectivity index (χ4v) is 2.83. The standard InChI is InChI=1S/C19H30F2.C3H8.CH4/c1-17(2,3)14-11-9-13(10-12-14)15(20)19(7,8)16(21)18(4,5)6;1-3-2;/h9-12,15-16H,1-8H3;3H2,1-2H3;1H4. The maximum atomic E-state index is 14.9. The molecule has 0 aliphatic rings. The van der Waals surface area contributed by atoms with Crippen molar-refractivity contribution in [1.82, 2.24) is 0 Å². The SMILES string of the molecule is C.CC(C)(C)c1ccc(C(F)C(C)(C)C(F)C(C)(C)C)cc1.CCC. The smallest absolute Gasteiger partial charge is 0.133 e. The molecular weight excluding hydrogens is 314 g/mol. The molecule has 2 heteroatoms. The summed E-state index contributed by atoms with van der Waals surface area (Å²) in [4.78, 5) is 0. The number of hydrogen-bond donors (Lipinski definition) is 0. The highest BCUT2D eigenvalue weighted by atomic mass is 19.1. The second-order valence-electron chi connectivity index (χ2n) is 9.49. The molecule has 0 aliphatic heterocycles. The molecule has 148 valence electrons. The average Bonchev–Trinajstić information content (AvgIpc) is 2.44. The van der Waals surface area contributed by atoms with Gasteiger partial charge in [0, 0.05) is 5.41 Å². The Morgan fingerprint density at radius 2 is 1.16 bits per heavy atom. The van der Waals surface area contributed by atoms with Crippen molar-refractivity contribution >= 4 is 0 Å². The van der Waals surface area contributed by atoms with E-state index in [-0.39, 0.29) is 12.8 Å². The minimum atomic E-state index is -1.32. The summed E-state index contributed by atoms with van der Waals surface area (Å²) in [5.41, 5.74) is 0.123. The summed E-state index contributed by atoms with van der Waals surface area (Å²) in [7, 11) is 0. The van der Waals surface area contributed by atoms with Crippen LogP contribution in [0.3, 0.4) is 0 Å². The van der Waals surface area contributed by atoms with Gasteiger partial charge in [-0.25, -0.2) is 8.78 Å². The molecule has 25 heavy (non-hydrogen) atoms. The molecule has 2 unspecified atom stereocenters. The van der Waals surface area contributed by atoms with Crippen molar-refractivity contribution in [2.24, 2.45) is 10.8 Å². The van der Waals surface area contributed by atoms with Gasteiger partial charge in [-0.15, -0.1) is 0 Å². The second-order valence-corrected chi connectivity index (χ2v) is 9.49. The van der Waals surface area contributed by atoms with Gasteiger partial charge in [-0.3, -0.25) is 0 Å². The van der Waals surface area contributed by atoms with Gasteiger partial charge in [0.25, 0.3) is 0 Å². The molecule has 0 bridgehead atoms. The Hall–Kier alpha value is -0.920. The molecule has 0 N–H and O–H groups in total. The van der Waals surface area contributed by atoms with Gasteiger partial charge in [0.15, 0.2) is 0 Å². The van der Waals surface area contributed by atoms with Gasteiger partial charge >= 0.3 is 0 Å². The lowest BCUT2D eigenvalue weighted by Gasteiger charge is -2.39. The lowest BCUT2D eigenvalue weighted by Crippen LogP contribution is -2.39. The molecule has 0 fully saturated rings. The van der Waals surface area contributed by atoms with Crippen molar-refractivity contribution in [2.75, 3.05) is 0 Å². The first-order chi connectivity index (χ1) is 10.7. The van der Waals surface area contributed by atoms with Gasteiger partial charge in [-0.05, 0) is 22.0 Å². The number of benzene rings is 1. The topological polar surface area (TPSA) is 0 Å². The molecular formula is C23H42F2. The summed E-state index contributed by atoms with van der Waals surface area (Å²) in [6.07, 6.45) is -1.29. The predicted octanol–water partition coefficient (Wildman–Crippen LogP) is 8.46. The van der Waals surface area contributed by atoms with Crippen molar-refractivity contribution < 1.29 is 8.78 Å². The van der Waals surface area contributed by atoms with E-state index in [0.717, 1.165) is 5.56 Å². The van der Waals surface area contributed by atoms with E-state index >= 15 is 0 Å². The highest BCUT2D eigenvalue weighted by Gasteiger charge is 2.44. The summed E-state index contributed by atoms with van der Waals surface area (Å²) in [6, 6.07) is 7.48. The normalized spacial score (nSPS) is 14.7. The molecule has 0 aliphatic carbocycles. The van der Waals surface area contributed by atoms with Gasteiger partial charge in [0.2, 0.25) is 0 Å². The molecule has 0 radical (unpaired) electrons. The molecule has 0 saturated heterocycles. The minimum absolute atomic E-state index is 0. The van der Waals surface area contributed by atoms with E-state index in [1.54, 1.807) is 26.0 Å². The van der Waals surface area contributed by atoms with Crippen molar-refractivity contribution in [1.29, 1.82) is 0 Å². The van der Waals surface area contributed by atoms with Crippen LogP contribution < -0.4 is 0 Å². The zero-order chi connectivity index (χ0) is 19.3. The van der Waals surface area contributed by atoms with Crippen LogP contribution in [0.15, 0.2) is 24.3 Å². The number of alkyl halides is 2. The molecule has 0 nitrogen and oxygen atoms in total. The monoisotopic (exact) mass is 356 g/mol. The van der Waals surface area contributed by atoms with Gasteiger partial charge in [0.1, 0.15) is 12.3 Å². The molecule has 0 amide bonds. The predicted molar refractivity (Wildman–Crippen MR) is 110 cm³/mol. The Morgan fingerprint density at radius 1 is 0.800 bits per heavy atom. The van der Waals surface area contributed by atoms with Crippen LogP contribution in [0, 0.1) is 10.8 Å². The molecule has 0 saturated carbocycles. The third-order valence-electron chi connectivity index (χ3n) is 4.14. The molecule has 0 heterocycles. The van der Waals surface area contributed by atoms with Crippen LogP contribution in [0.2, 0.25) is 0 Å². The highest BCUT2D eigenvalue weighted by molar-refractivity contribution is 5.29. The second kappa shape index (κ2) is 9.69. The van der Waals surface area contributed by atoms with E-state index in [4.69, 9.17) is 0 Å². The molecule has 0 aromatic heterocycles. The Labute approximate surface area is 156 Å². The van der Waals surface area contributed by atoms with E-state index in [1.165, 1.54) is 6.42 Å². The van der Waals surface area contributed by atoms with Gasteiger partial charge in [0.05, 0.1) is 0 Å². The largest absolute Gasteiger partial charge is 0.246 e. The van der Waals surface area contributed by atoms with Crippen molar-refractivity contribution in [3.05, 3.63) is 35.4 Å². The number of rotatable bonds is 3. The van der Waals surface area contributed by atoms with Crippen LogP contribution in [0.5, 0.6) is 0 Å². The van der Waals surface area contributed by atoms with Crippen molar-refractivity contribution in [2.45, 2.75) is 101 Å². The van der Waals surface area contributed by atoms with Gasteiger partial charge in [-0.2, -0.15) is 0 Å². The van der Waals surface area contributed by atoms with Crippen LogP contribution in [0.4, 0.5) is 8.78 Å². The van der Waals surface area contributed by atoms with Crippen LogP contribution >= 0.6 is 0 Å². The summed E-state index contributed by atoms with van der Waals surface area (Å²) >= 11 is 0. The van der Waals surface area contributed by atoms with Gasteiger partial charge in [-0.1, -0.05) is 107 Å². The molecule has 2 atom stereocenters. The highest BCUT2D eigenvalue weighted by Crippen LogP contribution is 2.47. The van der Waals surface area contributed by atoms with E-state index < -0.39 is 23.2 Å². The fourth-order valence-electron chi connectivity index (χ4n) is 2.83. The first-order valence-corrected chi connectivity index (χ1v) is 9.08. The Kier molecular flexibility index (Phi) is 10.2. The lowest BCUT2D eigenvalue weighted by atomic mass is 9.70. The lowest BCUT2D eigenvalue weighted by molar-refractivity contribution is -0.0164.